The fourth-order valence-corrected chi connectivity index (χ4v) is 3.35. The Morgan fingerprint density at radius 1 is 1.11 bits per heavy atom. The van der Waals surface area contributed by atoms with Gasteiger partial charge in [-0.1, -0.05) is 18.2 Å². The highest BCUT2D eigenvalue weighted by atomic mass is 127. The number of amides is 1. The first-order valence-electron chi connectivity index (χ1n) is 8.83. The minimum absolute atomic E-state index is 0.102. The van der Waals surface area contributed by atoms with Crippen LogP contribution in [0.5, 0.6) is 11.5 Å². The zero-order valence-electron chi connectivity index (χ0n) is 15.7. The van der Waals surface area contributed by atoms with Gasteiger partial charge in [-0.2, -0.15) is 0 Å². The van der Waals surface area contributed by atoms with Crippen LogP contribution >= 0.6 is 22.6 Å². The van der Waals surface area contributed by atoms with Gasteiger partial charge in [0.15, 0.2) is 11.5 Å². The van der Waals surface area contributed by atoms with Gasteiger partial charge in [0.1, 0.15) is 6.61 Å². The molecule has 1 heterocycles. The Bertz CT molecular complexity index is 948. The number of halogens is 1. The third-order valence-corrected chi connectivity index (χ3v) is 5.24. The number of hydrogen-bond donors (Lipinski definition) is 1. The molecule has 0 bridgehead atoms. The molecular weight excluding hydrogens is 467 g/mol. The minimum Gasteiger partial charge on any atom is -0.493 e. The molecule has 0 spiro atoms. The predicted molar refractivity (Wildman–Crippen MR) is 117 cm³/mol. The van der Waals surface area contributed by atoms with Crippen LogP contribution in [0.15, 0.2) is 67.0 Å². The van der Waals surface area contributed by atoms with Crippen LogP contribution in [-0.2, 0) is 6.61 Å². The predicted octanol–water partition coefficient (Wildman–Crippen LogP) is 4.76. The normalized spacial score (nSPS) is 11.5. The first-order chi connectivity index (χ1) is 13.6. The minimum atomic E-state index is -0.174. The summed E-state index contributed by atoms with van der Waals surface area (Å²) in [6.07, 6.45) is 3.47. The van der Waals surface area contributed by atoms with E-state index in [1.807, 2.05) is 61.5 Å². The lowest BCUT2D eigenvalue weighted by molar-refractivity contribution is 0.0939. The SMILES string of the molecule is COc1cc(C(C)NC(=O)c2ccccc2I)ccc1OCc1ccncc1. The summed E-state index contributed by atoms with van der Waals surface area (Å²) >= 11 is 2.17. The van der Waals surface area contributed by atoms with Crippen molar-refractivity contribution in [2.75, 3.05) is 7.11 Å². The molecule has 0 aliphatic heterocycles. The fourth-order valence-electron chi connectivity index (χ4n) is 2.72. The molecule has 28 heavy (non-hydrogen) atoms. The summed E-state index contributed by atoms with van der Waals surface area (Å²) in [4.78, 5) is 16.6. The summed E-state index contributed by atoms with van der Waals surface area (Å²) < 4.78 is 12.3. The highest BCUT2D eigenvalue weighted by Gasteiger charge is 2.15. The fraction of sp³-hybridized carbons (Fsp3) is 0.182. The van der Waals surface area contributed by atoms with Crippen LogP contribution < -0.4 is 14.8 Å². The Labute approximate surface area is 178 Å². The number of hydrogen-bond acceptors (Lipinski definition) is 4. The molecule has 6 heteroatoms. The summed E-state index contributed by atoms with van der Waals surface area (Å²) in [6, 6.07) is 16.8. The van der Waals surface area contributed by atoms with E-state index in [-0.39, 0.29) is 11.9 Å². The number of carbonyl (C=O) groups excluding carboxylic acids is 1. The average molecular weight is 488 g/mol. The van der Waals surface area contributed by atoms with Crippen molar-refractivity contribution in [3.8, 4) is 11.5 Å². The van der Waals surface area contributed by atoms with E-state index in [4.69, 9.17) is 9.47 Å². The molecule has 2 aromatic carbocycles. The molecule has 0 saturated heterocycles. The molecule has 0 saturated carbocycles. The molecule has 0 radical (unpaired) electrons. The molecule has 1 aromatic heterocycles. The summed E-state index contributed by atoms with van der Waals surface area (Å²) in [5.74, 6) is 1.18. The van der Waals surface area contributed by atoms with E-state index in [0.29, 0.717) is 23.7 Å². The van der Waals surface area contributed by atoms with Crippen LogP contribution in [0.25, 0.3) is 0 Å². The summed E-state index contributed by atoms with van der Waals surface area (Å²) in [7, 11) is 1.61. The standard InChI is InChI=1S/C22H21IN2O3/c1-15(25-22(26)18-5-3-4-6-19(18)23)17-7-8-20(21(13-17)27-2)28-14-16-9-11-24-12-10-16/h3-13,15H,14H2,1-2H3,(H,25,26). The highest BCUT2D eigenvalue weighted by Crippen LogP contribution is 2.31. The van der Waals surface area contributed by atoms with Gasteiger partial charge in [-0.25, -0.2) is 0 Å². The van der Waals surface area contributed by atoms with Gasteiger partial charge in [-0.3, -0.25) is 9.78 Å². The van der Waals surface area contributed by atoms with Crippen molar-refractivity contribution in [2.24, 2.45) is 0 Å². The summed E-state index contributed by atoms with van der Waals surface area (Å²) in [6.45, 7) is 2.37. The van der Waals surface area contributed by atoms with Crippen LogP contribution in [-0.4, -0.2) is 18.0 Å². The molecule has 3 rings (SSSR count). The Balaban J connectivity index is 1.70. The summed E-state index contributed by atoms with van der Waals surface area (Å²) in [5.41, 5.74) is 2.63. The van der Waals surface area contributed by atoms with Gasteiger partial charge in [0, 0.05) is 16.0 Å². The molecule has 1 unspecified atom stereocenters. The van der Waals surface area contributed by atoms with Crippen molar-refractivity contribution >= 4 is 28.5 Å². The van der Waals surface area contributed by atoms with Crippen molar-refractivity contribution < 1.29 is 14.3 Å². The highest BCUT2D eigenvalue weighted by molar-refractivity contribution is 14.1. The van der Waals surface area contributed by atoms with E-state index in [0.717, 1.165) is 14.7 Å². The van der Waals surface area contributed by atoms with Gasteiger partial charge in [0.25, 0.3) is 5.91 Å². The quantitative estimate of drug-likeness (QED) is 0.487. The number of pyridine rings is 1. The number of nitrogens with one attached hydrogen (secondary N) is 1. The van der Waals surface area contributed by atoms with Gasteiger partial charge in [-0.05, 0) is 77.0 Å². The maximum Gasteiger partial charge on any atom is 0.252 e. The van der Waals surface area contributed by atoms with Crippen LogP contribution in [0.4, 0.5) is 0 Å². The van der Waals surface area contributed by atoms with Crippen LogP contribution in [0.1, 0.15) is 34.5 Å². The number of rotatable bonds is 7. The topological polar surface area (TPSA) is 60.5 Å². The van der Waals surface area contributed by atoms with E-state index >= 15 is 0 Å². The molecule has 0 aliphatic carbocycles. The average Bonchev–Trinajstić information content (AvgIpc) is 2.73. The number of aromatic nitrogens is 1. The van der Waals surface area contributed by atoms with E-state index in [1.165, 1.54) is 0 Å². The molecule has 5 nitrogen and oxygen atoms in total. The third kappa shape index (κ3) is 5.01. The van der Waals surface area contributed by atoms with E-state index in [9.17, 15) is 4.79 Å². The number of methoxy groups -OCH3 is 1. The van der Waals surface area contributed by atoms with E-state index in [1.54, 1.807) is 19.5 Å². The number of benzene rings is 2. The van der Waals surface area contributed by atoms with E-state index in [2.05, 4.69) is 32.9 Å². The zero-order chi connectivity index (χ0) is 19.9. The second-order valence-corrected chi connectivity index (χ2v) is 7.39. The third-order valence-electron chi connectivity index (χ3n) is 4.30. The van der Waals surface area contributed by atoms with Crippen molar-refractivity contribution in [1.29, 1.82) is 0 Å². The molecule has 1 amide bonds. The Kier molecular flexibility index (Phi) is 6.86. The largest absolute Gasteiger partial charge is 0.493 e. The molecular formula is C22H21IN2O3. The molecule has 0 fully saturated rings. The second kappa shape index (κ2) is 9.54. The zero-order valence-corrected chi connectivity index (χ0v) is 17.8. The van der Waals surface area contributed by atoms with Crippen molar-refractivity contribution in [1.82, 2.24) is 10.3 Å². The number of nitrogens with zero attached hydrogens (tertiary/aromatic N) is 1. The van der Waals surface area contributed by atoms with Crippen LogP contribution in [0, 0.1) is 3.57 Å². The van der Waals surface area contributed by atoms with Crippen molar-refractivity contribution in [3.05, 3.63) is 87.3 Å². The Hall–Kier alpha value is -2.61. The molecule has 3 aromatic rings. The van der Waals surface area contributed by atoms with Gasteiger partial charge in [0.05, 0.1) is 18.7 Å². The smallest absolute Gasteiger partial charge is 0.252 e. The molecule has 144 valence electrons. The van der Waals surface area contributed by atoms with Crippen molar-refractivity contribution in [2.45, 2.75) is 19.6 Å². The lowest BCUT2D eigenvalue weighted by Crippen LogP contribution is -2.27. The lowest BCUT2D eigenvalue weighted by atomic mass is 10.1. The van der Waals surface area contributed by atoms with Gasteiger partial charge in [0.2, 0.25) is 0 Å². The number of carbonyl (C=O) groups is 1. The monoisotopic (exact) mass is 488 g/mol. The maximum absolute atomic E-state index is 12.6. The molecule has 0 aliphatic rings. The van der Waals surface area contributed by atoms with Gasteiger partial charge < -0.3 is 14.8 Å². The maximum atomic E-state index is 12.6. The summed E-state index contributed by atoms with van der Waals surface area (Å²) in [5, 5.41) is 3.03. The second-order valence-electron chi connectivity index (χ2n) is 6.23. The molecule has 1 atom stereocenters. The Morgan fingerprint density at radius 2 is 1.86 bits per heavy atom. The lowest BCUT2D eigenvalue weighted by Gasteiger charge is -2.17. The molecule has 1 N–H and O–H groups in total. The first-order valence-corrected chi connectivity index (χ1v) is 9.91. The van der Waals surface area contributed by atoms with Gasteiger partial charge in [-0.15, -0.1) is 0 Å². The van der Waals surface area contributed by atoms with Crippen LogP contribution in [0.3, 0.4) is 0 Å². The van der Waals surface area contributed by atoms with E-state index < -0.39 is 0 Å². The van der Waals surface area contributed by atoms with Crippen molar-refractivity contribution in [3.63, 3.8) is 0 Å². The van der Waals surface area contributed by atoms with Crippen LogP contribution in [0.2, 0.25) is 0 Å². The van der Waals surface area contributed by atoms with Gasteiger partial charge >= 0.3 is 0 Å². The Morgan fingerprint density at radius 3 is 2.57 bits per heavy atom. The first kappa shape index (κ1) is 20.1. The number of ether oxygens (including phenoxy) is 2.